The van der Waals surface area contributed by atoms with Crippen LogP contribution in [-0.4, -0.2) is 29.3 Å². The first kappa shape index (κ1) is 12.4. The van der Waals surface area contributed by atoms with E-state index in [-0.39, 0.29) is 17.1 Å². The number of hydrogen-bond acceptors (Lipinski definition) is 1. The van der Waals surface area contributed by atoms with Gasteiger partial charge in [0.25, 0.3) is 5.91 Å². The molecule has 0 bridgehead atoms. The van der Waals surface area contributed by atoms with Gasteiger partial charge in [-0.05, 0) is 23.9 Å². The molecule has 0 N–H and O–H groups in total. The fraction of sp³-hybridized carbons (Fsp3) is 0.267. The SMILES string of the molecule is O=C(c1ccc(F)c2ccccc12)N1CCC(Cl)C1. The van der Waals surface area contributed by atoms with E-state index in [0.717, 1.165) is 6.42 Å². The van der Waals surface area contributed by atoms with E-state index in [9.17, 15) is 9.18 Å². The molecule has 3 rings (SSSR count). The Balaban J connectivity index is 2.06. The highest BCUT2D eigenvalue weighted by molar-refractivity contribution is 6.21. The lowest BCUT2D eigenvalue weighted by Crippen LogP contribution is -2.29. The number of rotatable bonds is 1. The smallest absolute Gasteiger partial charge is 0.254 e. The molecule has 1 saturated heterocycles. The summed E-state index contributed by atoms with van der Waals surface area (Å²) in [4.78, 5) is 14.2. The van der Waals surface area contributed by atoms with E-state index < -0.39 is 0 Å². The molecule has 0 aliphatic carbocycles. The summed E-state index contributed by atoms with van der Waals surface area (Å²) in [7, 11) is 0. The lowest BCUT2D eigenvalue weighted by atomic mass is 10.0. The molecule has 19 heavy (non-hydrogen) atoms. The van der Waals surface area contributed by atoms with Crippen molar-refractivity contribution in [2.75, 3.05) is 13.1 Å². The number of carbonyl (C=O) groups is 1. The van der Waals surface area contributed by atoms with Crippen LogP contribution in [0, 0.1) is 5.82 Å². The molecular formula is C15H13ClFNO. The van der Waals surface area contributed by atoms with E-state index >= 15 is 0 Å². The quantitative estimate of drug-likeness (QED) is 0.731. The van der Waals surface area contributed by atoms with Gasteiger partial charge in [0.15, 0.2) is 0 Å². The van der Waals surface area contributed by atoms with E-state index in [1.54, 1.807) is 29.2 Å². The standard InChI is InChI=1S/C15H13ClFNO/c16-10-7-8-18(9-10)15(19)13-5-6-14(17)12-4-2-1-3-11(12)13/h1-6,10H,7-9H2. The minimum atomic E-state index is -0.302. The molecule has 2 nitrogen and oxygen atoms in total. The summed E-state index contributed by atoms with van der Waals surface area (Å²) < 4.78 is 13.7. The van der Waals surface area contributed by atoms with Gasteiger partial charge in [-0.25, -0.2) is 4.39 Å². The number of hydrogen-bond donors (Lipinski definition) is 0. The van der Waals surface area contributed by atoms with Crippen LogP contribution in [0.15, 0.2) is 36.4 Å². The number of benzene rings is 2. The molecule has 2 aromatic rings. The second kappa shape index (κ2) is 4.82. The highest BCUT2D eigenvalue weighted by Gasteiger charge is 2.26. The van der Waals surface area contributed by atoms with Gasteiger partial charge in [-0.3, -0.25) is 4.79 Å². The van der Waals surface area contributed by atoms with Crippen molar-refractivity contribution in [3.8, 4) is 0 Å². The summed E-state index contributed by atoms with van der Waals surface area (Å²) in [5, 5.41) is 1.16. The molecule has 2 aromatic carbocycles. The van der Waals surface area contributed by atoms with Crippen molar-refractivity contribution in [2.24, 2.45) is 0 Å². The van der Waals surface area contributed by atoms with Crippen molar-refractivity contribution in [3.05, 3.63) is 47.8 Å². The number of amides is 1. The average Bonchev–Trinajstić information content (AvgIpc) is 2.86. The van der Waals surface area contributed by atoms with Crippen LogP contribution in [0.5, 0.6) is 0 Å². The third kappa shape index (κ3) is 2.19. The molecule has 1 heterocycles. The van der Waals surface area contributed by atoms with E-state index in [0.29, 0.717) is 29.4 Å². The van der Waals surface area contributed by atoms with Gasteiger partial charge < -0.3 is 4.90 Å². The maximum atomic E-state index is 13.7. The van der Waals surface area contributed by atoms with Gasteiger partial charge in [0.05, 0.1) is 5.38 Å². The highest BCUT2D eigenvalue weighted by atomic mass is 35.5. The highest BCUT2D eigenvalue weighted by Crippen LogP contribution is 2.25. The monoisotopic (exact) mass is 277 g/mol. The van der Waals surface area contributed by atoms with Crippen molar-refractivity contribution in [1.29, 1.82) is 0 Å². The second-order valence-electron chi connectivity index (χ2n) is 4.78. The van der Waals surface area contributed by atoms with Gasteiger partial charge in [-0.2, -0.15) is 0 Å². The molecule has 0 aromatic heterocycles. The van der Waals surface area contributed by atoms with Gasteiger partial charge in [-0.15, -0.1) is 11.6 Å². The summed E-state index contributed by atoms with van der Waals surface area (Å²) in [6.07, 6.45) is 0.812. The number of alkyl halides is 1. The topological polar surface area (TPSA) is 20.3 Å². The third-order valence-electron chi connectivity index (χ3n) is 3.52. The number of fused-ring (bicyclic) bond motifs is 1. The van der Waals surface area contributed by atoms with Crippen molar-refractivity contribution < 1.29 is 9.18 Å². The zero-order valence-corrected chi connectivity index (χ0v) is 11.0. The van der Waals surface area contributed by atoms with Crippen LogP contribution in [0.2, 0.25) is 0 Å². The predicted molar refractivity (Wildman–Crippen MR) is 74.1 cm³/mol. The normalized spacial score (nSPS) is 19.1. The Hall–Kier alpha value is -1.61. The van der Waals surface area contributed by atoms with Gasteiger partial charge in [0.2, 0.25) is 0 Å². The number of carbonyl (C=O) groups excluding carboxylic acids is 1. The molecule has 1 atom stereocenters. The fourth-order valence-electron chi connectivity index (χ4n) is 2.52. The van der Waals surface area contributed by atoms with Crippen LogP contribution < -0.4 is 0 Å². The van der Waals surface area contributed by atoms with Crippen LogP contribution in [0.4, 0.5) is 4.39 Å². The Morgan fingerprint density at radius 1 is 1.21 bits per heavy atom. The van der Waals surface area contributed by atoms with Gasteiger partial charge in [0, 0.05) is 24.0 Å². The first-order valence-electron chi connectivity index (χ1n) is 6.27. The minimum Gasteiger partial charge on any atom is -0.337 e. The largest absolute Gasteiger partial charge is 0.337 e. The minimum absolute atomic E-state index is 0.0238. The molecule has 1 amide bonds. The predicted octanol–water partition coefficient (Wildman–Crippen LogP) is 3.43. The van der Waals surface area contributed by atoms with Gasteiger partial charge in [0.1, 0.15) is 5.82 Å². The molecular weight excluding hydrogens is 265 g/mol. The molecule has 1 fully saturated rings. The zero-order chi connectivity index (χ0) is 13.4. The first-order chi connectivity index (χ1) is 9.16. The Morgan fingerprint density at radius 2 is 1.95 bits per heavy atom. The summed E-state index contributed by atoms with van der Waals surface area (Å²) in [6, 6.07) is 9.96. The summed E-state index contributed by atoms with van der Waals surface area (Å²) in [5.74, 6) is -0.372. The summed E-state index contributed by atoms with van der Waals surface area (Å²) >= 11 is 6.03. The fourth-order valence-corrected chi connectivity index (χ4v) is 2.79. The van der Waals surface area contributed by atoms with Crippen LogP contribution >= 0.6 is 11.6 Å². The van der Waals surface area contributed by atoms with E-state index in [1.807, 2.05) is 6.07 Å². The maximum Gasteiger partial charge on any atom is 0.254 e. The molecule has 0 radical (unpaired) electrons. The Morgan fingerprint density at radius 3 is 2.63 bits per heavy atom. The molecule has 0 saturated carbocycles. The number of halogens is 2. The van der Waals surface area contributed by atoms with E-state index in [4.69, 9.17) is 11.6 Å². The molecule has 1 aliphatic rings. The van der Waals surface area contributed by atoms with Crippen molar-refractivity contribution in [1.82, 2.24) is 4.90 Å². The zero-order valence-electron chi connectivity index (χ0n) is 10.3. The molecule has 98 valence electrons. The van der Waals surface area contributed by atoms with Crippen LogP contribution in [0.25, 0.3) is 10.8 Å². The molecule has 1 unspecified atom stereocenters. The van der Waals surface area contributed by atoms with Crippen LogP contribution in [0.1, 0.15) is 16.8 Å². The number of nitrogens with zero attached hydrogens (tertiary/aromatic N) is 1. The summed E-state index contributed by atoms with van der Waals surface area (Å²) in [6.45, 7) is 1.23. The Labute approximate surface area is 115 Å². The Bertz CT molecular complexity index is 643. The molecule has 4 heteroatoms. The lowest BCUT2D eigenvalue weighted by molar-refractivity contribution is 0.0795. The molecule has 0 spiro atoms. The first-order valence-corrected chi connectivity index (χ1v) is 6.71. The lowest BCUT2D eigenvalue weighted by Gasteiger charge is -2.17. The van der Waals surface area contributed by atoms with Gasteiger partial charge >= 0.3 is 0 Å². The van der Waals surface area contributed by atoms with E-state index in [2.05, 4.69) is 0 Å². The second-order valence-corrected chi connectivity index (χ2v) is 5.39. The van der Waals surface area contributed by atoms with Crippen LogP contribution in [-0.2, 0) is 0 Å². The summed E-state index contributed by atoms with van der Waals surface area (Å²) in [5.41, 5.74) is 0.544. The average molecular weight is 278 g/mol. The van der Waals surface area contributed by atoms with E-state index in [1.165, 1.54) is 6.07 Å². The van der Waals surface area contributed by atoms with Crippen molar-refractivity contribution in [3.63, 3.8) is 0 Å². The van der Waals surface area contributed by atoms with Gasteiger partial charge in [-0.1, -0.05) is 24.3 Å². The molecule has 1 aliphatic heterocycles. The van der Waals surface area contributed by atoms with Crippen LogP contribution in [0.3, 0.4) is 0 Å². The van der Waals surface area contributed by atoms with Crippen molar-refractivity contribution >= 4 is 28.3 Å². The number of likely N-dealkylation sites (tertiary alicyclic amines) is 1. The Kier molecular flexibility index (Phi) is 3.15. The third-order valence-corrected chi connectivity index (χ3v) is 3.88. The maximum absolute atomic E-state index is 13.7. The van der Waals surface area contributed by atoms with Crippen molar-refractivity contribution in [2.45, 2.75) is 11.8 Å².